The highest BCUT2D eigenvalue weighted by Gasteiger charge is 2.39. The molecule has 0 aliphatic heterocycles. The number of nitrogens with zero attached hydrogens (tertiary/aromatic N) is 1. The first-order chi connectivity index (χ1) is 12.5. The van der Waals surface area contributed by atoms with Gasteiger partial charge in [0.2, 0.25) is 0 Å². The Morgan fingerprint density at radius 1 is 1.19 bits per heavy atom. The van der Waals surface area contributed by atoms with Crippen molar-refractivity contribution in [2.75, 3.05) is 0 Å². The van der Waals surface area contributed by atoms with Crippen molar-refractivity contribution in [2.24, 2.45) is 0 Å². The maximum atomic E-state index is 13.7. The van der Waals surface area contributed by atoms with Crippen molar-refractivity contribution in [3.05, 3.63) is 74.8 Å². The molecular weight excluding hydrogens is 437 g/mol. The number of hydrogen-bond acceptors (Lipinski definition) is 2. The minimum atomic E-state index is -4.85. The van der Waals surface area contributed by atoms with Gasteiger partial charge < -0.3 is 5.11 Å². The van der Waals surface area contributed by atoms with Crippen LogP contribution in [-0.4, -0.2) is 17.3 Å². The summed E-state index contributed by atoms with van der Waals surface area (Å²) >= 11 is 3.01. The number of aromatic carboxylic acids is 1. The molecule has 0 saturated carbocycles. The Kier molecular flexibility index (Phi) is 6.01. The number of halogens is 6. The molecule has 2 aromatic carbocycles. The molecule has 9 heteroatoms. The Balaban J connectivity index is 2.45. The third-order valence-electron chi connectivity index (χ3n) is 3.59. The van der Waals surface area contributed by atoms with Crippen molar-refractivity contribution in [1.29, 1.82) is 5.26 Å². The number of benzene rings is 2. The molecule has 0 spiro atoms. The molecule has 0 aromatic heterocycles. The van der Waals surface area contributed by atoms with Crippen LogP contribution in [0.2, 0.25) is 0 Å². The number of rotatable bonds is 4. The van der Waals surface area contributed by atoms with Gasteiger partial charge in [-0.3, -0.25) is 0 Å². The van der Waals surface area contributed by atoms with Crippen LogP contribution in [0.4, 0.5) is 22.0 Å². The maximum absolute atomic E-state index is 13.7. The molecule has 0 amide bonds. The van der Waals surface area contributed by atoms with Crippen molar-refractivity contribution in [3.8, 4) is 6.07 Å². The lowest BCUT2D eigenvalue weighted by molar-refractivity contribution is -0.139. The summed E-state index contributed by atoms with van der Waals surface area (Å²) in [4.78, 5) is 10.9. The van der Waals surface area contributed by atoms with E-state index in [-0.39, 0.29) is 15.6 Å². The van der Waals surface area contributed by atoms with Crippen LogP contribution in [0.25, 0.3) is 6.08 Å². The summed E-state index contributed by atoms with van der Waals surface area (Å²) in [6.45, 7) is 0. The second-order valence-electron chi connectivity index (χ2n) is 5.39. The summed E-state index contributed by atoms with van der Waals surface area (Å²) in [6, 6.07) is 5.97. The van der Waals surface area contributed by atoms with Gasteiger partial charge in [-0.25, -0.2) is 13.6 Å². The van der Waals surface area contributed by atoms with E-state index < -0.39 is 40.8 Å². The summed E-state index contributed by atoms with van der Waals surface area (Å²) in [5.74, 6) is -6.31. The van der Waals surface area contributed by atoms with Crippen LogP contribution in [0.15, 0.2) is 40.9 Å². The Morgan fingerprint density at radius 3 is 2.22 bits per heavy atom. The van der Waals surface area contributed by atoms with Crippen molar-refractivity contribution in [2.45, 2.75) is 12.1 Å². The Morgan fingerprint density at radius 2 is 1.78 bits per heavy atom. The van der Waals surface area contributed by atoms with Crippen LogP contribution >= 0.6 is 15.9 Å². The van der Waals surface area contributed by atoms with E-state index in [1.807, 2.05) is 0 Å². The summed E-state index contributed by atoms with van der Waals surface area (Å²) in [5.41, 5.74) is -1.49. The molecule has 0 aliphatic carbocycles. The van der Waals surface area contributed by atoms with E-state index in [9.17, 15) is 26.7 Å². The molecule has 1 unspecified atom stereocenters. The Bertz CT molecular complexity index is 940. The zero-order chi connectivity index (χ0) is 20.4. The number of nitriles is 1. The van der Waals surface area contributed by atoms with Gasteiger partial charge in [-0.05, 0) is 51.3 Å². The van der Waals surface area contributed by atoms with E-state index in [0.717, 1.165) is 6.08 Å². The molecule has 2 rings (SSSR count). The molecule has 3 nitrogen and oxygen atoms in total. The lowest BCUT2D eigenvalue weighted by Gasteiger charge is -2.18. The highest BCUT2D eigenvalue weighted by molar-refractivity contribution is 9.10. The van der Waals surface area contributed by atoms with Crippen molar-refractivity contribution < 1.29 is 31.9 Å². The second kappa shape index (κ2) is 7.88. The van der Waals surface area contributed by atoms with Gasteiger partial charge in [-0.2, -0.15) is 18.4 Å². The predicted molar refractivity (Wildman–Crippen MR) is 90.0 cm³/mol. The van der Waals surface area contributed by atoms with Gasteiger partial charge in [0.1, 0.15) is 23.3 Å². The van der Waals surface area contributed by atoms with Crippen LogP contribution in [-0.2, 0) is 0 Å². The number of hydrogen-bond donors (Lipinski definition) is 1. The SMILES string of the molecule is N#Cc1c(F)cc(C(C=Cc2ccc(C(=O)O)c(Br)c2)C(F)(F)F)cc1F. The first-order valence-corrected chi connectivity index (χ1v) is 8.00. The quantitative estimate of drug-likeness (QED) is 0.617. The fraction of sp³-hybridized carbons (Fsp3) is 0.111. The lowest BCUT2D eigenvalue weighted by Crippen LogP contribution is -2.19. The zero-order valence-electron chi connectivity index (χ0n) is 13.2. The molecule has 0 heterocycles. The standard InChI is InChI=1S/C18H9BrF5NO2/c19-14-5-9(1-3-11(14)17(26)27)2-4-13(18(22,23)24)10-6-15(20)12(8-25)16(21)7-10/h1-7,13H,(H,26,27). The van der Waals surface area contributed by atoms with Crippen LogP contribution in [0.5, 0.6) is 0 Å². The minimum Gasteiger partial charge on any atom is -0.478 e. The van der Waals surface area contributed by atoms with E-state index in [1.165, 1.54) is 24.3 Å². The first kappa shape index (κ1) is 20.6. The van der Waals surface area contributed by atoms with Gasteiger partial charge in [-0.1, -0.05) is 18.2 Å². The number of carboxylic acids is 1. The van der Waals surface area contributed by atoms with E-state index in [1.54, 1.807) is 0 Å². The van der Waals surface area contributed by atoms with Gasteiger partial charge in [0.25, 0.3) is 0 Å². The normalized spacial score (nSPS) is 12.8. The molecule has 0 bridgehead atoms. The second-order valence-corrected chi connectivity index (χ2v) is 6.25. The lowest BCUT2D eigenvalue weighted by atomic mass is 9.95. The number of allylic oxidation sites excluding steroid dienone is 1. The van der Waals surface area contributed by atoms with Gasteiger partial charge in [0, 0.05) is 4.47 Å². The molecule has 140 valence electrons. The molecule has 2 aromatic rings. The topological polar surface area (TPSA) is 61.1 Å². The summed E-state index contributed by atoms with van der Waals surface area (Å²) in [5, 5.41) is 17.5. The Labute approximate surface area is 158 Å². The minimum absolute atomic E-state index is 0.0734. The molecule has 0 fully saturated rings. The summed E-state index contributed by atoms with van der Waals surface area (Å²) < 4.78 is 67.6. The third kappa shape index (κ3) is 4.71. The molecule has 27 heavy (non-hydrogen) atoms. The average Bonchev–Trinajstić information content (AvgIpc) is 2.53. The van der Waals surface area contributed by atoms with Gasteiger partial charge in [-0.15, -0.1) is 0 Å². The predicted octanol–water partition coefficient (Wildman–Crippen LogP) is 5.66. The van der Waals surface area contributed by atoms with E-state index in [2.05, 4.69) is 15.9 Å². The molecular formula is C18H9BrF5NO2. The molecule has 0 aliphatic rings. The summed E-state index contributed by atoms with van der Waals surface area (Å²) in [7, 11) is 0. The van der Waals surface area contributed by atoms with Crippen LogP contribution in [0, 0.1) is 23.0 Å². The largest absolute Gasteiger partial charge is 0.478 e. The molecule has 0 radical (unpaired) electrons. The number of alkyl halides is 3. The maximum Gasteiger partial charge on any atom is 0.399 e. The fourth-order valence-electron chi connectivity index (χ4n) is 2.30. The van der Waals surface area contributed by atoms with Gasteiger partial charge in [0.15, 0.2) is 0 Å². The van der Waals surface area contributed by atoms with Crippen LogP contribution in [0.1, 0.15) is 33.0 Å². The van der Waals surface area contributed by atoms with E-state index >= 15 is 0 Å². The van der Waals surface area contributed by atoms with Crippen LogP contribution < -0.4 is 0 Å². The highest BCUT2D eigenvalue weighted by atomic mass is 79.9. The summed E-state index contributed by atoms with van der Waals surface area (Å²) in [6.07, 6.45) is -3.09. The number of carbonyl (C=O) groups is 1. The number of carboxylic acid groups (broad SMARTS) is 1. The van der Waals surface area contributed by atoms with Crippen molar-refractivity contribution >= 4 is 28.0 Å². The smallest absolute Gasteiger partial charge is 0.399 e. The van der Waals surface area contributed by atoms with E-state index in [4.69, 9.17) is 10.4 Å². The third-order valence-corrected chi connectivity index (χ3v) is 4.25. The Hall–Kier alpha value is -2.73. The van der Waals surface area contributed by atoms with Crippen LogP contribution in [0.3, 0.4) is 0 Å². The average molecular weight is 446 g/mol. The highest BCUT2D eigenvalue weighted by Crippen LogP contribution is 2.37. The fourth-order valence-corrected chi connectivity index (χ4v) is 2.87. The molecule has 1 atom stereocenters. The molecule has 1 N–H and O–H groups in total. The zero-order valence-corrected chi connectivity index (χ0v) is 14.8. The van der Waals surface area contributed by atoms with Crippen molar-refractivity contribution in [1.82, 2.24) is 0 Å². The first-order valence-electron chi connectivity index (χ1n) is 7.21. The van der Waals surface area contributed by atoms with Gasteiger partial charge >= 0.3 is 12.1 Å². The monoisotopic (exact) mass is 445 g/mol. The van der Waals surface area contributed by atoms with Crippen molar-refractivity contribution in [3.63, 3.8) is 0 Å². The van der Waals surface area contributed by atoms with E-state index in [0.29, 0.717) is 18.2 Å². The molecule has 0 saturated heterocycles. The van der Waals surface area contributed by atoms with Gasteiger partial charge in [0.05, 0.1) is 11.5 Å².